The lowest BCUT2D eigenvalue weighted by Crippen LogP contribution is -2.24. The van der Waals surface area contributed by atoms with Gasteiger partial charge in [-0.05, 0) is 30.4 Å². The fraction of sp³-hybridized carbons (Fsp3) is 0.350. The molecule has 0 heterocycles. The highest BCUT2D eigenvalue weighted by Gasteiger charge is 2.36. The first kappa shape index (κ1) is 14.1. The third kappa shape index (κ3) is 3.07. The Morgan fingerprint density at radius 2 is 1.48 bits per heavy atom. The fourth-order valence-electron chi connectivity index (χ4n) is 3.34. The highest BCUT2D eigenvalue weighted by molar-refractivity contribution is 6.00. The SMILES string of the molecule is CC1(C(=O)c2ccc(Cc3ccccc3)cc2)CCCC1. The lowest BCUT2D eigenvalue weighted by Gasteiger charge is -2.21. The topological polar surface area (TPSA) is 17.1 Å². The van der Waals surface area contributed by atoms with Gasteiger partial charge in [-0.15, -0.1) is 0 Å². The lowest BCUT2D eigenvalue weighted by molar-refractivity contribution is 0.0823. The van der Waals surface area contributed by atoms with Gasteiger partial charge in [0, 0.05) is 11.0 Å². The molecule has 1 fully saturated rings. The quantitative estimate of drug-likeness (QED) is 0.716. The van der Waals surface area contributed by atoms with Crippen LogP contribution in [0.5, 0.6) is 0 Å². The van der Waals surface area contributed by atoms with Crippen LogP contribution in [0, 0.1) is 5.41 Å². The number of carbonyl (C=O) groups is 1. The molecule has 0 atom stereocenters. The molecule has 0 aliphatic heterocycles. The van der Waals surface area contributed by atoms with Crippen LogP contribution in [0.15, 0.2) is 54.6 Å². The zero-order valence-corrected chi connectivity index (χ0v) is 12.6. The maximum atomic E-state index is 12.6. The Labute approximate surface area is 127 Å². The van der Waals surface area contributed by atoms with E-state index in [0.717, 1.165) is 24.8 Å². The van der Waals surface area contributed by atoms with Crippen molar-refractivity contribution in [2.24, 2.45) is 5.41 Å². The molecule has 1 nitrogen and oxygen atoms in total. The number of hydrogen-bond donors (Lipinski definition) is 0. The standard InChI is InChI=1S/C20H22O/c1-20(13-5-6-14-20)19(21)18-11-9-17(10-12-18)15-16-7-3-2-4-8-16/h2-4,7-12H,5-6,13-15H2,1H3. The Morgan fingerprint density at radius 1 is 0.905 bits per heavy atom. The van der Waals surface area contributed by atoms with Gasteiger partial charge in [-0.3, -0.25) is 4.79 Å². The summed E-state index contributed by atoms with van der Waals surface area (Å²) in [5.74, 6) is 0.325. The third-order valence-corrected chi connectivity index (χ3v) is 4.72. The Kier molecular flexibility index (Phi) is 3.92. The van der Waals surface area contributed by atoms with Gasteiger partial charge >= 0.3 is 0 Å². The smallest absolute Gasteiger partial charge is 0.168 e. The van der Waals surface area contributed by atoms with Gasteiger partial charge in [-0.1, -0.05) is 74.4 Å². The molecule has 108 valence electrons. The summed E-state index contributed by atoms with van der Waals surface area (Å²) in [6.45, 7) is 2.13. The first-order chi connectivity index (χ1) is 10.2. The van der Waals surface area contributed by atoms with E-state index in [-0.39, 0.29) is 5.41 Å². The molecule has 1 heteroatoms. The van der Waals surface area contributed by atoms with Crippen molar-refractivity contribution in [3.63, 3.8) is 0 Å². The fourth-order valence-corrected chi connectivity index (χ4v) is 3.34. The first-order valence-electron chi connectivity index (χ1n) is 7.85. The number of Topliss-reactive ketones (excluding diaryl/α,β-unsaturated/α-hetero) is 1. The predicted molar refractivity (Wildman–Crippen MR) is 86.6 cm³/mol. The molecule has 0 saturated heterocycles. The molecular weight excluding hydrogens is 256 g/mol. The van der Waals surface area contributed by atoms with Crippen LogP contribution in [0.1, 0.15) is 54.1 Å². The van der Waals surface area contributed by atoms with E-state index in [1.807, 2.05) is 18.2 Å². The highest BCUT2D eigenvalue weighted by atomic mass is 16.1. The Hall–Kier alpha value is -1.89. The Balaban J connectivity index is 1.73. The van der Waals surface area contributed by atoms with Crippen LogP contribution in [0.3, 0.4) is 0 Å². The molecule has 1 saturated carbocycles. The number of hydrogen-bond acceptors (Lipinski definition) is 1. The van der Waals surface area contributed by atoms with Crippen LogP contribution in [0.25, 0.3) is 0 Å². The molecule has 0 N–H and O–H groups in total. The van der Waals surface area contributed by atoms with Crippen molar-refractivity contribution in [2.45, 2.75) is 39.0 Å². The second-order valence-electron chi connectivity index (χ2n) is 6.46. The van der Waals surface area contributed by atoms with E-state index in [2.05, 4.69) is 43.3 Å². The van der Waals surface area contributed by atoms with E-state index < -0.39 is 0 Å². The number of benzene rings is 2. The molecule has 21 heavy (non-hydrogen) atoms. The van der Waals surface area contributed by atoms with E-state index in [4.69, 9.17) is 0 Å². The number of ketones is 1. The maximum absolute atomic E-state index is 12.6. The normalized spacial score (nSPS) is 16.8. The summed E-state index contributed by atoms with van der Waals surface area (Å²) in [7, 11) is 0. The number of carbonyl (C=O) groups excluding carboxylic acids is 1. The summed E-state index contributed by atoms with van der Waals surface area (Å²) in [5, 5.41) is 0. The van der Waals surface area contributed by atoms with Gasteiger partial charge in [0.1, 0.15) is 0 Å². The second kappa shape index (κ2) is 5.85. The van der Waals surface area contributed by atoms with Gasteiger partial charge in [-0.2, -0.15) is 0 Å². The minimum absolute atomic E-state index is 0.124. The summed E-state index contributed by atoms with van der Waals surface area (Å²) in [6.07, 6.45) is 5.38. The highest BCUT2D eigenvalue weighted by Crippen LogP contribution is 2.40. The molecule has 2 aromatic carbocycles. The van der Waals surface area contributed by atoms with Crippen molar-refractivity contribution >= 4 is 5.78 Å². The Bertz CT molecular complexity index is 604. The van der Waals surface area contributed by atoms with E-state index in [9.17, 15) is 4.79 Å². The molecule has 0 unspecified atom stereocenters. The van der Waals surface area contributed by atoms with E-state index >= 15 is 0 Å². The molecule has 1 aliphatic rings. The molecule has 0 spiro atoms. The minimum atomic E-state index is -0.124. The molecule has 1 aliphatic carbocycles. The van der Waals surface area contributed by atoms with Gasteiger partial charge in [0.2, 0.25) is 0 Å². The monoisotopic (exact) mass is 278 g/mol. The molecule has 0 aromatic heterocycles. The zero-order chi connectivity index (χ0) is 14.7. The van der Waals surface area contributed by atoms with Gasteiger partial charge in [-0.25, -0.2) is 0 Å². The Morgan fingerprint density at radius 3 is 2.10 bits per heavy atom. The summed E-state index contributed by atoms with van der Waals surface area (Å²) in [4.78, 5) is 12.6. The van der Waals surface area contributed by atoms with Crippen LogP contribution in [-0.4, -0.2) is 5.78 Å². The van der Waals surface area contributed by atoms with Crippen LogP contribution >= 0.6 is 0 Å². The first-order valence-corrected chi connectivity index (χ1v) is 7.85. The lowest BCUT2D eigenvalue weighted by atomic mass is 9.80. The van der Waals surface area contributed by atoms with Crippen LogP contribution in [0.4, 0.5) is 0 Å². The summed E-state index contributed by atoms with van der Waals surface area (Å²) >= 11 is 0. The average molecular weight is 278 g/mol. The van der Waals surface area contributed by atoms with E-state index in [1.165, 1.54) is 24.0 Å². The molecule has 0 amide bonds. The van der Waals surface area contributed by atoms with Crippen molar-refractivity contribution in [2.75, 3.05) is 0 Å². The van der Waals surface area contributed by atoms with Crippen molar-refractivity contribution in [1.82, 2.24) is 0 Å². The van der Waals surface area contributed by atoms with E-state index in [0.29, 0.717) is 5.78 Å². The summed E-state index contributed by atoms with van der Waals surface area (Å²) < 4.78 is 0. The van der Waals surface area contributed by atoms with Crippen LogP contribution in [0.2, 0.25) is 0 Å². The van der Waals surface area contributed by atoms with Crippen molar-refractivity contribution in [3.8, 4) is 0 Å². The predicted octanol–water partition coefficient (Wildman–Crippen LogP) is 5.04. The van der Waals surface area contributed by atoms with Crippen molar-refractivity contribution in [3.05, 3.63) is 71.3 Å². The van der Waals surface area contributed by atoms with Crippen molar-refractivity contribution < 1.29 is 4.79 Å². The molecule has 2 aromatic rings. The summed E-state index contributed by atoms with van der Waals surface area (Å²) in [6, 6.07) is 18.6. The van der Waals surface area contributed by atoms with Crippen molar-refractivity contribution in [1.29, 1.82) is 0 Å². The largest absolute Gasteiger partial charge is 0.294 e. The van der Waals surface area contributed by atoms with Gasteiger partial charge in [0.15, 0.2) is 5.78 Å². The van der Waals surface area contributed by atoms with E-state index in [1.54, 1.807) is 0 Å². The molecule has 3 rings (SSSR count). The summed E-state index contributed by atoms with van der Waals surface area (Å²) in [5.41, 5.74) is 3.31. The second-order valence-corrected chi connectivity index (χ2v) is 6.46. The van der Waals surface area contributed by atoms with Crippen LogP contribution < -0.4 is 0 Å². The minimum Gasteiger partial charge on any atom is -0.294 e. The molecule has 0 radical (unpaired) electrons. The van der Waals surface area contributed by atoms with Gasteiger partial charge < -0.3 is 0 Å². The van der Waals surface area contributed by atoms with Gasteiger partial charge in [0.25, 0.3) is 0 Å². The van der Waals surface area contributed by atoms with Crippen LogP contribution in [-0.2, 0) is 6.42 Å². The maximum Gasteiger partial charge on any atom is 0.168 e. The number of rotatable bonds is 4. The van der Waals surface area contributed by atoms with Gasteiger partial charge in [0.05, 0.1) is 0 Å². The third-order valence-electron chi connectivity index (χ3n) is 4.72. The molecule has 0 bridgehead atoms. The zero-order valence-electron chi connectivity index (χ0n) is 12.6. The average Bonchev–Trinajstić information content (AvgIpc) is 2.96. The molecular formula is C20H22O.